The second-order valence-electron chi connectivity index (χ2n) is 7.07. The van der Waals surface area contributed by atoms with Crippen LogP contribution < -0.4 is 14.8 Å². The average molecular weight is 498 g/mol. The zero-order valence-electron chi connectivity index (χ0n) is 17.5. The number of benzene rings is 3. The third-order valence-corrected chi connectivity index (χ3v) is 5.30. The van der Waals surface area contributed by atoms with Gasteiger partial charge < -0.3 is 14.8 Å². The first-order valence-corrected chi connectivity index (χ1v) is 10.8. The molecule has 0 aromatic heterocycles. The summed E-state index contributed by atoms with van der Waals surface area (Å²) >= 11 is 11.9. The third-order valence-electron chi connectivity index (χ3n) is 4.56. The molecule has 1 N–H and O–H groups in total. The van der Waals surface area contributed by atoms with Crippen LogP contribution in [0.1, 0.15) is 35.7 Å². The molecular formula is C24H20Cl2F3NO3. The molecule has 0 aliphatic rings. The SMILES string of the molecule is CCCCOc1ccc(C(=O)Nc2cc(C(F)(F)F)ccc2Oc2ccc(Cl)c(Cl)c2)cc1. The minimum absolute atomic E-state index is 0.00857. The zero-order chi connectivity index (χ0) is 24.0. The molecule has 0 aliphatic carbocycles. The highest BCUT2D eigenvalue weighted by Gasteiger charge is 2.31. The molecule has 4 nitrogen and oxygen atoms in total. The first-order valence-electron chi connectivity index (χ1n) is 10.1. The Morgan fingerprint density at radius 2 is 1.64 bits per heavy atom. The van der Waals surface area contributed by atoms with Gasteiger partial charge in [-0.1, -0.05) is 36.5 Å². The molecule has 9 heteroatoms. The van der Waals surface area contributed by atoms with Crippen LogP contribution in [-0.4, -0.2) is 12.5 Å². The Morgan fingerprint density at radius 3 is 2.27 bits per heavy atom. The van der Waals surface area contributed by atoms with E-state index >= 15 is 0 Å². The highest BCUT2D eigenvalue weighted by atomic mass is 35.5. The maximum Gasteiger partial charge on any atom is 0.416 e. The van der Waals surface area contributed by atoms with Gasteiger partial charge in [0.2, 0.25) is 0 Å². The summed E-state index contributed by atoms with van der Waals surface area (Å²) in [6.07, 6.45) is -2.71. The van der Waals surface area contributed by atoms with E-state index in [1.54, 1.807) is 12.1 Å². The molecular weight excluding hydrogens is 478 g/mol. The maximum atomic E-state index is 13.3. The Hall–Kier alpha value is -2.90. The van der Waals surface area contributed by atoms with Gasteiger partial charge in [-0.15, -0.1) is 0 Å². The van der Waals surface area contributed by atoms with E-state index < -0.39 is 17.6 Å². The first kappa shape index (κ1) is 24.7. The number of hydrogen-bond donors (Lipinski definition) is 1. The molecule has 3 rings (SSSR count). The number of ether oxygens (including phenoxy) is 2. The van der Waals surface area contributed by atoms with Gasteiger partial charge in [-0.05, 0) is 61.0 Å². The van der Waals surface area contributed by atoms with Crippen molar-refractivity contribution in [2.45, 2.75) is 25.9 Å². The Kier molecular flexibility index (Phi) is 8.10. The predicted molar refractivity (Wildman–Crippen MR) is 123 cm³/mol. The van der Waals surface area contributed by atoms with Crippen molar-refractivity contribution in [3.05, 3.63) is 81.8 Å². The lowest BCUT2D eigenvalue weighted by Crippen LogP contribution is -2.14. The molecule has 0 atom stereocenters. The van der Waals surface area contributed by atoms with E-state index in [0.717, 1.165) is 31.0 Å². The number of halogens is 5. The van der Waals surface area contributed by atoms with Crippen LogP contribution in [0.15, 0.2) is 60.7 Å². The van der Waals surface area contributed by atoms with Crippen LogP contribution >= 0.6 is 23.2 Å². The Balaban J connectivity index is 1.84. The topological polar surface area (TPSA) is 47.6 Å². The molecule has 0 saturated heterocycles. The number of amides is 1. The van der Waals surface area contributed by atoms with E-state index in [-0.39, 0.29) is 27.8 Å². The number of rotatable bonds is 8. The Labute approximate surface area is 199 Å². The minimum atomic E-state index is -4.60. The second-order valence-corrected chi connectivity index (χ2v) is 7.88. The van der Waals surface area contributed by atoms with Gasteiger partial charge in [-0.2, -0.15) is 13.2 Å². The van der Waals surface area contributed by atoms with Crippen molar-refractivity contribution < 1.29 is 27.4 Å². The minimum Gasteiger partial charge on any atom is -0.494 e. The van der Waals surface area contributed by atoms with Crippen LogP contribution in [0.5, 0.6) is 17.2 Å². The smallest absolute Gasteiger partial charge is 0.416 e. The van der Waals surface area contributed by atoms with Crippen molar-refractivity contribution in [3.8, 4) is 17.2 Å². The van der Waals surface area contributed by atoms with E-state index in [1.165, 1.54) is 30.3 Å². The highest BCUT2D eigenvalue weighted by molar-refractivity contribution is 6.42. The second kappa shape index (κ2) is 10.8. The fourth-order valence-electron chi connectivity index (χ4n) is 2.79. The molecule has 0 unspecified atom stereocenters. The number of alkyl halides is 3. The van der Waals surface area contributed by atoms with Crippen molar-refractivity contribution in [1.29, 1.82) is 0 Å². The Bertz CT molecular complexity index is 1120. The molecule has 0 aliphatic heterocycles. The molecule has 0 saturated carbocycles. The van der Waals surface area contributed by atoms with E-state index in [9.17, 15) is 18.0 Å². The number of carbonyl (C=O) groups is 1. The number of nitrogens with one attached hydrogen (secondary N) is 1. The molecule has 0 radical (unpaired) electrons. The fraction of sp³-hybridized carbons (Fsp3) is 0.208. The van der Waals surface area contributed by atoms with Crippen molar-refractivity contribution in [2.75, 3.05) is 11.9 Å². The highest BCUT2D eigenvalue weighted by Crippen LogP contribution is 2.38. The molecule has 174 valence electrons. The van der Waals surface area contributed by atoms with Gasteiger partial charge in [-0.25, -0.2) is 0 Å². The fourth-order valence-corrected chi connectivity index (χ4v) is 3.08. The van der Waals surface area contributed by atoms with Gasteiger partial charge in [-0.3, -0.25) is 4.79 Å². The van der Waals surface area contributed by atoms with Gasteiger partial charge in [0.1, 0.15) is 11.5 Å². The van der Waals surface area contributed by atoms with Crippen LogP contribution in [0.4, 0.5) is 18.9 Å². The lowest BCUT2D eigenvalue weighted by atomic mass is 10.1. The molecule has 0 fully saturated rings. The molecule has 3 aromatic rings. The standard InChI is InChI=1S/C24H20Cl2F3NO3/c1-2-3-12-32-17-7-4-15(5-8-17)23(31)30-21-13-16(24(27,28)29)6-11-22(21)33-18-9-10-19(25)20(26)14-18/h4-11,13-14H,2-3,12H2,1H3,(H,30,31). The van der Waals surface area contributed by atoms with Crippen molar-refractivity contribution in [1.82, 2.24) is 0 Å². The average Bonchev–Trinajstić information content (AvgIpc) is 2.77. The summed E-state index contributed by atoms with van der Waals surface area (Å²) in [7, 11) is 0. The molecule has 0 bridgehead atoms. The van der Waals surface area contributed by atoms with E-state index in [2.05, 4.69) is 5.32 Å². The quantitative estimate of drug-likeness (QED) is 0.318. The summed E-state index contributed by atoms with van der Waals surface area (Å²) < 4.78 is 51.0. The van der Waals surface area contributed by atoms with Crippen molar-refractivity contribution >= 4 is 34.8 Å². The van der Waals surface area contributed by atoms with Crippen LogP contribution in [0.3, 0.4) is 0 Å². The monoisotopic (exact) mass is 497 g/mol. The van der Waals surface area contributed by atoms with Crippen molar-refractivity contribution in [2.24, 2.45) is 0 Å². The van der Waals surface area contributed by atoms with E-state index in [0.29, 0.717) is 17.4 Å². The summed E-state index contributed by atoms with van der Waals surface area (Å²) in [6.45, 7) is 2.60. The van der Waals surface area contributed by atoms with E-state index in [4.69, 9.17) is 32.7 Å². The lowest BCUT2D eigenvalue weighted by molar-refractivity contribution is -0.137. The third kappa shape index (κ3) is 6.79. The number of unbranched alkanes of at least 4 members (excludes halogenated alkanes) is 1. The summed E-state index contributed by atoms with van der Waals surface area (Å²) in [5.74, 6) is 0.249. The molecule has 3 aromatic carbocycles. The summed E-state index contributed by atoms with van der Waals surface area (Å²) in [6, 6.07) is 13.6. The van der Waals surface area contributed by atoms with Crippen LogP contribution in [0.25, 0.3) is 0 Å². The summed E-state index contributed by atoms with van der Waals surface area (Å²) in [4.78, 5) is 12.7. The van der Waals surface area contributed by atoms with Gasteiger partial charge in [0.05, 0.1) is 27.9 Å². The normalized spacial score (nSPS) is 11.2. The summed E-state index contributed by atoms with van der Waals surface area (Å²) in [5, 5.41) is 3.01. The summed E-state index contributed by atoms with van der Waals surface area (Å²) in [5.41, 5.74) is -0.834. The first-order chi connectivity index (χ1) is 15.7. The van der Waals surface area contributed by atoms with Gasteiger partial charge >= 0.3 is 6.18 Å². The number of anilines is 1. The molecule has 0 heterocycles. The zero-order valence-corrected chi connectivity index (χ0v) is 19.0. The Morgan fingerprint density at radius 1 is 0.939 bits per heavy atom. The largest absolute Gasteiger partial charge is 0.494 e. The van der Waals surface area contributed by atoms with Crippen LogP contribution in [0, 0.1) is 0 Å². The predicted octanol–water partition coefficient (Wildman–Crippen LogP) is 8.24. The number of hydrogen-bond acceptors (Lipinski definition) is 3. The maximum absolute atomic E-state index is 13.3. The number of carbonyl (C=O) groups excluding carboxylic acids is 1. The van der Waals surface area contributed by atoms with E-state index in [1.807, 2.05) is 6.92 Å². The molecule has 1 amide bonds. The van der Waals surface area contributed by atoms with Gasteiger partial charge in [0.25, 0.3) is 5.91 Å². The van der Waals surface area contributed by atoms with Crippen LogP contribution in [0.2, 0.25) is 10.0 Å². The molecule has 33 heavy (non-hydrogen) atoms. The van der Waals surface area contributed by atoms with Gasteiger partial charge in [0.15, 0.2) is 5.75 Å². The van der Waals surface area contributed by atoms with Gasteiger partial charge in [0, 0.05) is 11.6 Å². The van der Waals surface area contributed by atoms with Crippen molar-refractivity contribution in [3.63, 3.8) is 0 Å². The lowest BCUT2D eigenvalue weighted by Gasteiger charge is -2.16. The molecule has 0 spiro atoms. The van der Waals surface area contributed by atoms with Crippen LogP contribution in [-0.2, 0) is 6.18 Å².